The summed E-state index contributed by atoms with van der Waals surface area (Å²) in [6.45, 7) is 0.328. The highest BCUT2D eigenvalue weighted by Gasteiger charge is 2.06. The highest BCUT2D eigenvalue weighted by atomic mass is 32.1. The highest BCUT2D eigenvalue weighted by Crippen LogP contribution is 2.22. The van der Waals surface area contributed by atoms with E-state index in [1.54, 1.807) is 36.7 Å². The molecule has 0 saturated carbocycles. The topological polar surface area (TPSA) is 73.7 Å². The maximum atomic E-state index is 13.7. The van der Waals surface area contributed by atoms with Crippen molar-refractivity contribution < 1.29 is 5.82 Å². The van der Waals surface area contributed by atoms with Crippen molar-refractivity contribution in [3.8, 4) is 0 Å². The molecule has 0 bridgehead atoms. The van der Waals surface area contributed by atoms with Gasteiger partial charge in [0, 0.05) is 54.8 Å². The second-order valence-electron chi connectivity index (χ2n) is 4.71. The number of pyridine rings is 1. The number of benzene rings is 1. The Kier molecular flexibility index (Phi) is 4.58. The molecule has 0 aliphatic carbocycles. The van der Waals surface area contributed by atoms with E-state index >= 15 is 0 Å². The summed E-state index contributed by atoms with van der Waals surface area (Å²) in [4.78, 5) is 8.39. The molecule has 0 fully saturated rings. The average molecular weight is 329 g/mol. The molecule has 0 saturated heterocycles. The van der Waals surface area contributed by atoms with E-state index in [1.807, 2.05) is 5.38 Å². The molecule has 3 rings (SSSR count). The lowest BCUT2D eigenvalue weighted by molar-refractivity contribution is 0.613. The van der Waals surface area contributed by atoms with Crippen LogP contribution in [0.3, 0.4) is 0 Å². The third-order valence-corrected chi connectivity index (χ3v) is 3.87. The molecule has 118 valence electrons. The molecule has 3 aromatic rings. The first kappa shape index (κ1) is 15.1. The van der Waals surface area contributed by atoms with Gasteiger partial charge in [-0.2, -0.15) is 0 Å². The van der Waals surface area contributed by atoms with Crippen molar-refractivity contribution in [2.45, 2.75) is 6.54 Å². The van der Waals surface area contributed by atoms with Crippen molar-refractivity contribution in [2.75, 3.05) is 10.6 Å². The number of thiazole rings is 1. The van der Waals surface area contributed by atoms with Gasteiger partial charge in [-0.15, -0.1) is 11.3 Å². The van der Waals surface area contributed by atoms with Crippen LogP contribution in [0.25, 0.3) is 0 Å². The number of rotatable bonds is 6. The lowest BCUT2D eigenvalue weighted by atomic mass is 10.2. The molecule has 3 N–H and O–H groups in total. The molecule has 0 spiro atoms. The summed E-state index contributed by atoms with van der Waals surface area (Å²) in [5, 5.41) is 16.3. The second-order valence-corrected chi connectivity index (χ2v) is 5.60. The Bertz CT molecular complexity index is 810. The SMILES string of the molecule is N=Cc1cnc(Nc2nccs2)cc1NCc1ccccc1F.[HH]. The van der Waals surface area contributed by atoms with Gasteiger partial charge >= 0.3 is 0 Å². The Morgan fingerprint density at radius 1 is 1.30 bits per heavy atom. The Hall–Kier alpha value is -2.80. The van der Waals surface area contributed by atoms with Gasteiger partial charge in [0.25, 0.3) is 0 Å². The van der Waals surface area contributed by atoms with Gasteiger partial charge in [-0.1, -0.05) is 18.2 Å². The lowest BCUT2D eigenvalue weighted by Crippen LogP contribution is -2.05. The summed E-state index contributed by atoms with van der Waals surface area (Å²) in [7, 11) is 0. The first-order valence-electron chi connectivity index (χ1n) is 6.90. The van der Waals surface area contributed by atoms with E-state index in [4.69, 9.17) is 5.41 Å². The molecule has 0 aliphatic rings. The van der Waals surface area contributed by atoms with Crippen LogP contribution in [0.1, 0.15) is 12.6 Å². The molecule has 7 heteroatoms. The Labute approximate surface area is 138 Å². The molecule has 5 nitrogen and oxygen atoms in total. The van der Waals surface area contributed by atoms with Crippen LogP contribution >= 0.6 is 11.3 Å². The van der Waals surface area contributed by atoms with Gasteiger partial charge in [-0.25, -0.2) is 14.4 Å². The van der Waals surface area contributed by atoms with E-state index in [9.17, 15) is 4.39 Å². The first-order valence-corrected chi connectivity index (χ1v) is 7.78. The van der Waals surface area contributed by atoms with Gasteiger partial charge in [0.1, 0.15) is 11.6 Å². The van der Waals surface area contributed by atoms with Crippen LogP contribution in [-0.4, -0.2) is 16.2 Å². The number of aromatic nitrogens is 2. The van der Waals surface area contributed by atoms with E-state index in [1.165, 1.54) is 23.6 Å². The Morgan fingerprint density at radius 2 is 2.17 bits per heavy atom. The maximum Gasteiger partial charge on any atom is 0.188 e. The smallest absolute Gasteiger partial charge is 0.188 e. The monoisotopic (exact) mass is 329 g/mol. The zero-order valence-corrected chi connectivity index (χ0v) is 12.9. The van der Waals surface area contributed by atoms with Crippen LogP contribution in [0, 0.1) is 11.2 Å². The van der Waals surface area contributed by atoms with Crippen molar-refractivity contribution in [2.24, 2.45) is 0 Å². The van der Waals surface area contributed by atoms with Crippen molar-refractivity contribution >= 4 is 34.2 Å². The summed E-state index contributed by atoms with van der Waals surface area (Å²) in [5.41, 5.74) is 1.90. The van der Waals surface area contributed by atoms with Gasteiger partial charge in [0.05, 0.1) is 0 Å². The number of anilines is 3. The molecule has 23 heavy (non-hydrogen) atoms. The maximum absolute atomic E-state index is 13.7. The fourth-order valence-electron chi connectivity index (χ4n) is 2.03. The highest BCUT2D eigenvalue weighted by molar-refractivity contribution is 7.13. The molecular weight excluding hydrogens is 313 g/mol. The van der Waals surface area contributed by atoms with Gasteiger partial charge in [0.2, 0.25) is 0 Å². The second kappa shape index (κ2) is 6.97. The van der Waals surface area contributed by atoms with Crippen molar-refractivity contribution in [1.29, 1.82) is 5.41 Å². The fourth-order valence-corrected chi connectivity index (χ4v) is 2.57. The lowest BCUT2D eigenvalue weighted by Gasteiger charge is -2.11. The van der Waals surface area contributed by atoms with Crippen LogP contribution in [0.5, 0.6) is 0 Å². The van der Waals surface area contributed by atoms with E-state index < -0.39 is 0 Å². The van der Waals surface area contributed by atoms with E-state index in [0.717, 1.165) is 5.13 Å². The standard InChI is InChI=1S/C16H14FN5S.H2/c17-13-4-2-1-3-11(13)9-20-14-7-15(21-10-12(14)8-18)22-16-19-5-6-23-16;/h1-8,10,18H,9H2,(H2,19,20,21,22);1H. The summed E-state index contributed by atoms with van der Waals surface area (Å²) >= 11 is 1.47. The van der Waals surface area contributed by atoms with Crippen molar-refractivity contribution in [3.05, 3.63) is 65.0 Å². The molecular formula is C16H16FN5S. The summed E-state index contributed by atoms with van der Waals surface area (Å²) in [5.74, 6) is 0.355. The number of nitrogens with zero attached hydrogens (tertiary/aromatic N) is 2. The number of hydrogen-bond donors (Lipinski definition) is 3. The van der Waals surface area contributed by atoms with E-state index in [2.05, 4.69) is 20.6 Å². The molecule has 0 unspecified atom stereocenters. The van der Waals surface area contributed by atoms with Crippen molar-refractivity contribution in [1.82, 2.24) is 9.97 Å². The Balaban J connectivity index is 0.00000208. The van der Waals surface area contributed by atoms with Gasteiger partial charge in [-0.05, 0) is 6.07 Å². The molecule has 2 aromatic heterocycles. The van der Waals surface area contributed by atoms with Crippen molar-refractivity contribution in [3.63, 3.8) is 0 Å². The summed E-state index contributed by atoms with van der Waals surface area (Å²) in [6.07, 6.45) is 4.51. The number of hydrogen-bond acceptors (Lipinski definition) is 6. The predicted molar refractivity (Wildman–Crippen MR) is 93.4 cm³/mol. The third kappa shape index (κ3) is 3.70. The Morgan fingerprint density at radius 3 is 2.91 bits per heavy atom. The fraction of sp³-hybridized carbons (Fsp3) is 0.0625. The largest absolute Gasteiger partial charge is 0.380 e. The minimum Gasteiger partial charge on any atom is -0.380 e. The molecule has 0 radical (unpaired) electrons. The average Bonchev–Trinajstić information content (AvgIpc) is 3.07. The van der Waals surface area contributed by atoms with Crippen LogP contribution in [0.15, 0.2) is 48.1 Å². The summed E-state index contributed by atoms with van der Waals surface area (Å²) < 4.78 is 13.7. The molecule has 1 aromatic carbocycles. The van der Waals surface area contributed by atoms with Crippen LogP contribution in [0.4, 0.5) is 21.0 Å². The minimum atomic E-state index is -0.258. The normalized spacial score (nSPS) is 10.3. The number of halogens is 1. The molecule has 0 amide bonds. The predicted octanol–water partition coefficient (Wildman–Crippen LogP) is 4.28. The van der Waals surface area contributed by atoms with Gasteiger partial charge in [-0.3, -0.25) is 0 Å². The first-order chi connectivity index (χ1) is 11.3. The molecule has 2 heterocycles. The van der Waals surface area contributed by atoms with E-state index in [0.29, 0.717) is 29.2 Å². The van der Waals surface area contributed by atoms with Crippen LogP contribution in [-0.2, 0) is 6.54 Å². The summed E-state index contributed by atoms with van der Waals surface area (Å²) in [6, 6.07) is 8.38. The van der Waals surface area contributed by atoms with E-state index in [-0.39, 0.29) is 7.24 Å². The van der Waals surface area contributed by atoms with Gasteiger partial charge in [0.15, 0.2) is 5.13 Å². The van der Waals surface area contributed by atoms with Crippen LogP contribution in [0.2, 0.25) is 0 Å². The zero-order chi connectivity index (χ0) is 16.1. The quantitative estimate of drug-likeness (QED) is 0.590. The van der Waals surface area contributed by atoms with Gasteiger partial charge < -0.3 is 16.0 Å². The number of nitrogens with one attached hydrogen (secondary N) is 3. The third-order valence-electron chi connectivity index (χ3n) is 3.18. The minimum absolute atomic E-state index is 0. The van der Waals surface area contributed by atoms with Crippen LogP contribution < -0.4 is 10.6 Å². The molecule has 0 aliphatic heterocycles. The zero-order valence-electron chi connectivity index (χ0n) is 12.1. The molecule has 0 atom stereocenters.